The molecule has 8 nitrogen and oxygen atoms in total. The lowest BCUT2D eigenvalue weighted by Gasteiger charge is -2.26. The van der Waals surface area contributed by atoms with Crippen LogP contribution in [-0.4, -0.2) is 52.5 Å². The Hall–Kier alpha value is -3.00. The molecule has 1 aliphatic rings. The summed E-state index contributed by atoms with van der Waals surface area (Å²) in [4.78, 5) is 18.6. The summed E-state index contributed by atoms with van der Waals surface area (Å²) >= 11 is 0. The number of aromatic amines is 1. The van der Waals surface area contributed by atoms with Crippen molar-refractivity contribution in [2.24, 2.45) is 5.10 Å². The van der Waals surface area contributed by atoms with Gasteiger partial charge in [0.2, 0.25) is 5.95 Å². The monoisotopic (exact) mass is 337 g/mol. The number of H-pyrrole nitrogens is 1. The average Bonchev–Trinajstić information content (AvgIpc) is 3.11. The molecule has 1 fully saturated rings. The van der Waals surface area contributed by atoms with Gasteiger partial charge in [-0.3, -0.25) is 5.43 Å². The van der Waals surface area contributed by atoms with Crippen molar-refractivity contribution >= 4 is 29.1 Å². The van der Waals surface area contributed by atoms with Gasteiger partial charge >= 0.3 is 0 Å². The van der Waals surface area contributed by atoms with Gasteiger partial charge in [-0.1, -0.05) is 29.8 Å². The SMILES string of the molecule is Cc1cccc(/C=N/Nc2nc(N3CCOCC3)nc3[nH]cnc23)c1. The molecule has 0 radical (unpaired) electrons. The Bertz CT molecular complexity index is 899. The number of aryl methyl sites for hydroxylation is 1. The number of aromatic nitrogens is 4. The minimum atomic E-state index is 0.580. The number of hydrogen-bond acceptors (Lipinski definition) is 7. The van der Waals surface area contributed by atoms with Gasteiger partial charge in [0.15, 0.2) is 17.0 Å². The maximum absolute atomic E-state index is 5.39. The highest BCUT2D eigenvalue weighted by atomic mass is 16.5. The largest absolute Gasteiger partial charge is 0.378 e. The third-order valence-electron chi connectivity index (χ3n) is 3.99. The van der Waals surface area contributed by atoms with Gasteiger partial charge in [-0.05, 0) is 12.5 Å². The van der Waals surface area contributed by atoms with E-state index in [0.717, 1.165) is 18.7 Å². The van der Waals surface area contributed by atoms with Crippen molar-refractivity contribution in [1.29, 1.82) is 0 Å². The normalized spacial score (nSPS) is 15.2. The van der Waals surface area contributed by atoms with Gasteiger partial charge in [0.25, 0.3) is 0 Å². The number of nitrogens with one attached hydrogen (secondary N) is 2. The van der Waals surface area contributed by atoms with Crippen LogP contribution in [-0.2, 0) is 4.74 Å². The molecule has 0 amide bonds. The predicted molar refractivity (Wildman–Crippen MR) is 97.1 cm³/mol. The second kappa shape index (κ2) is 6.86. The first-order chi connectivity index (χ1) is 12.3. The van der Waals surface area contributed by atoms with E-state index in [9.17, 15) is 0 Å². The van der Waals surface area contributed by atoms with Gasteiger partial charge in [-0.2, -0.15) is 15.1 Å². The predicted octanol–water partition coefficient (Wildman–Crippen LogP) is 1.94. The van der Waals surface area contributed by atoms with Gasteiger partial charge in [0.05, 0.1) is 25.8 Å². The fourth-order valence-corrected chi connectivity index (χ4v) is 2.73. The molecular weight excluding hydrogens is 318 g/mol. The molecule has 3 aromatic rings. The summed E-state index contributed by atoms with van der Waals surface area (Å²) in [6.07, 6.45) is 3.37. The Morgan fingerprint density at radius 1 is 1.28 bits per heavy atom. The minimum absolute atomic E-state index is 0.580. The molecular formula is C17H19N7O. The minimum Gasteiger partial charge on any atom is -0.378 e. The summed E-state index contributed by atoms with van der Waals surface area (Å²) in [5, 5.41) is 4.31. The van der Waals surface area contributed by atoms with Crippen molar-refractivity contribution < 1.29 is 4.74 Å². The summed E-state index contributed by atoms with van der Waals surface area (Å²) in [5.41, 5.74) is 6.56. The van der Waals surface area contributed by atoms with Crippen LogP contribution in [0.4, 0.5) is 11.8 Å². The molecule has 1 saturated heterocycles. The highest BCUT2D eigenvalue weighted by Crippen LogP contribution is 2.21. The van der Waals surface area contributed by atoms with Crippen LogP contribution in [0.5, 0.6) is 0 Å². The topological polar surface area (TPSA) is 91.3 Å². The van der Waals surface area contributed by atoms with E-state index in [1.54, 1.807) is 12.5 Å². The average molecular weight is 337 g/mol. The number of hydrogen-bond donors (Lipinski definition) is 2. The number of morpholine rings is 1. The molecule has 0 atom stereocenters. The molecule has 0 unspecified atom stereocenters. The van der Waals surface area contributed by atoms with E-state index in [1.165, 1.54) is 5.56 Å². The van der Waals surface area contributed by atoms with Crippen LogP contribution in [0.2, 0.25) is 0 Å². The van der Waals surface area contributed by atoms with E-state index < -0.39 is 0 Å². The van der Waals surface area contributed by atoms with E-state index in [2.05, 4.69) is 54.4 Å². The number of hydrazone groups is 1. The number of benzene rings is 1. The smallest absolute Gasteiger partial charge is 0.229 e. The van der Waals surface area contributed by atoms with Gasteiger partial charge in [-0.15, -0.1) is 0 Å². The second-order valence-electron chi connectivity index (χ2n) is 5.86. The third kappa shape index (κ3) is 3.43. The van der Waals surface area contributed by atoms with Crippen molar-refractivity contribution in [2.75, 3.05) is 36.6 Å². The number of rotatable bonds is 4. The summed E-state index contributed by atoms with van der Waals surface area (Å²) in [6, 6.07) is 8.12. The zero-order chi connectivity index (χ0) is 17.1. The number of nitrogens with zero attached hydrogens (tertiary/aromatic N) is 5. The molecule has 0 spiro atoms. The van der Waals surface area contributed by atoms with E-state index in [-0.39, 0.29) is 0 Å². The highest BCUT2D eigenvalue weighted by Gasteiger charge is 2.17. The molecule has 4 rings (SSSR count). The first-order valence-corrected chi connectivity index (χ1v) is 8.19. The van der Waals surface area contributed by atoms with Crippen molar-refractivity contribution in [3.05, 3.63) is 41.7 Å². The molecule has 0 aliphatic carbocycles. The molecule has 8 heteroatoms. The number of anilines is 2. The summed E-state index contributed by atoms with van der Waals surface area (Å²) in [7, 11) is 0. The Morgan fingerprint density at radius 3 is 3.00 bits per heavy atom. The van der Waals surface area contributed by atoms with Crippen molar-refractivity contribution in [3.8, 4) is 0 Å². The van der Waals surface area contributed by atoms with Gasteiger partial charge in [-0.25, -0.2) is 4.98 Å². The zero-order valence-electron chi connectivity index (χ0n) is 13.9. The third-order valence-corrected chi connectivity index (χ3v) is 3.99. The molecule has 25 heavy (non-hydrogen) atoms. The number of fused-ring (bicyclic) bond motifs is 1. The molecule has 2 N–H and O–H groups in total. The van der Waals surface area contributed by atoms with Crippen LogP contribution in [0.3, 0.4) is 0 Å². The van der Waals surface area contributed by atoms with E-state index >= 15 is 0 Å². The van der Waals surface area contributed by atoms with E-state index in [0.29, 0.717) is 36.1 Å². The van der Waals surface area contributed by atoms with E-state index in [4.69, 9.17) is 4.74 Å². The fourth-order valence-electron chi connectivity index (χ4n) is 2.73. The van der Waals surface area contributed by atoms with Gasteiger partial charge in [0.1, 0.15) is 0 Å². The first-order valence-electron chi connectivity index (χ1n) is 8.19. The Balaban J connectivity index is 1.60. The molecule has 128 valence electrons. The second-order valence-corrected chi connectivity index (χ2v) is 5.86. The maximum Gasteiger partial charge on any atom is 0.229 e. The first kappa shape index (κ1) is 15.5. The van der Waals surface area contributed by atoms with Crippen molar-refractivity contribution in [3.63, 3.8) is 0 Å². The molecule has 3 heterocycles. The highest BCUT2D eigenvalue weighted by molar-refractivity contribution is 5.85. The Kier molecular flexibility index (Phi) is 4.26. The standard InChI is InChI=1S/C17H19N7O/c1-12-3-2-4-13(9-12)10-20-23-16-14-15(19-11-18-14)21-17(22-16)24-5-7-25-8-6-24/h2-4,9-11H,5-8H2,1H3,(H2,18,19,21,22,23)/b20-10+. The quantitative estimate of drug-likeness (QED) is 0.558. The van der Waals surface area contributed by atoms with Crippen LogP contribution in [0.15, 0.2) is 35.7 Å². The Labute approximate surface area is 145 Å². The van der Waals surface area contributed by atoms with Gasteiger partial charge in [0, 0.05) is 13.1 Å². The van der Waals surface area contributed by atoms with E-state index in [1.807, 2.05) is 12.1 Å². The Morgan fingerprint density at radius 2 is 2.16 bits per heavy atom. The van der Waals surface area contributed by atoms with Crippen LogP contribution < -0.4 is 10.3 Å². The van der Waals surface area contributed by atoms with Crippen LogP contribution in [0.1, 0.15) is 11.1 Å². The molecule has 2 aromatic heterocycles. The maximum atomic E-state index is 5.39. The molecule has 0 bridgehead atoms. The summed E-state index contributed by atoms with van der Waals surface area (Å²) in [6.45, 7) is 4.95. The van der Waals surface area contributed by atoms with Crippen LogP contribution in [0.25, 0.3) is 11.2 Å². The number of ether oxygens (including phenoxy) is 1. The lowest BCUT2D eigenvalue weighted by atomic mass is 10.2. The lowest BCUT2D eigenvalue weighted by Crippen LogP contribution is -2.37. The van der Waals surface area contributed by atoms with Crippen molar-refractivity contribution in [2.45, 2.75) is 6.92 Å². The van der Waals surface area contributed by atoms with Crippen LogP contribution in [0, 0.1) is 6.92 Å². The summed E-state index contributed by atoms with van der Waals surface area (Å²) < 4.78 is 5.39. The fraction of sp³-hybridized carbons (Fsp3) is 0.294. The van der Waals surface area contributed by atoms with Gasteiger partial charge < -0.3 is 14.6 Å². The molecule has 0 saturated carbocycles. The zero-order valence-corrected chi connectivity index (χ0v) is 13.9. The lowest BCUT2D eigenvalue weighted by molar-refractivity contribution is 0.122. The van der Waals surface area contributed by atoms with Crippen molar-refractivity contribution in [1.82, 2.24) is 19.9 Å². The molecule has 1 aromatic carbocycles. The van der Waals surface area contributed by atoms with Crippen LogP contribution >= 0.6 is 0 Å². The summed E-state index contributed by atoms with van der Waals surface area (Å²) in [5.74, 6) is 1.23. The number of imidazole rings is 1. The molecule has 1 aliphatic heterocycles.